The van der Waals surface area contributed by atoms with E-state index < -0.39 is 0 Å². The Bertz CT molecular complexity index is 437. The third kappa shape index (κ3) is 6.53. The van der Waals surface area contributed by atoms with E-state index >= 15 is 0 Å². The van der Waals surface area contributed by atoms with E-state index in [1.807, 2.05) is 0 Å². The Morgan fingerprint density at radius 3 is 2.38 bits per heavy atom. The average Bonchev–Trinajstić information content (AvgIpc) is 2.41. The first kappa shape index (κ1) is 18.1. The van der Waals surface area contributed by atoms with Crippen molar-refractivity contribution in [2.24, 2.45) is 5.73 Å². The van der Waals surface area contributed by atoms with Gasteiger partial charge in [0.15, 0.2) is 0 Å². The van der Waals surface area contributed by atoms with Gasteiger partial charge in [0.05, 0.1) is 6.04 Å². The molecule has 1 rings (SSSR count). The van der Waals surface area contributed by atoms with Gasteiger partial charge < -0.3 is 11.1 Å². The van der Waals surface area contributed by atoms with E-state index in [1.165, 1.54) is 10.5 Å². The van der Waals surface area contributed by atoms with Crippen LogP contribution in [0, 0.1) is 0 Å². The molecule has 4 heteroatoms. The number of hydrogen-bond donors (Lipinski definition) is 2. The van der Waals surface area contributed by atoms with Gasteiger partial charge >= 0.3 is 0 Å². The molecule has 1 aromatic carbocycles. The zero-order valence-electron chi connectivity index (χ0n) is 13.6. The predicted molar refractivity (Wildman–Crippen MR) is 91.8 cm³/mol. The fourth-order valence-electron chi connectivity index (χ4n) is 2.01. The number of primary amides is 1. The van der Waals surface area contributed by atoms with Crippen LogP contribution in [0.15, 0.2) is 29.2 Å². The van der Waals surface area contributed by atoms with Crippen molar-refractivity contribution >= 4 is 17.7 Å². The van der Waals surface area contributed by atoms with E-state index in [-0.39, 0.29) is 17.4 Å². The maximum atomic E-state index is 11.4. The van der Waals surface area contributed by atoms with E-state index in [4.69, 9.17) is 5.73 Å². The van der Waals surface area contributed by atoms with Crippen LogP contribution in [0.25, 0.3) is 0 Å². The van der Waals surface area contributed by atoms with Gasteiger partial charge in [0, 0.05) is 4.90 Å². The summed E-state index contributed by atoms with van der Waals surface area (Å²) in [5, 5.41) is 3.20. The van der Waals surface area contributed by atoms with Gasteiger partial charge in [0.25, 0.3) is 0 Å². The second-order valence-electron chi connectivity index (χ2n) is 6.32. The number of benzene rings is 1. The predicted octanol–water partition coefficient (Wildman–Crippen LogP) is 3.32. The Balaban J connectivity index is 2.46. The molecule has 1 unspecified atom stereocenters. The summed E-state index contributed by atoms with van der Waals surface area (Å²) in [6.45, 7) is 9.55. The molecule has 118 valence electrons. The number of amides is 1. The van der Waals surface area contributed by atoms with Gasteiger partial charge in [-0.15, -0.1) is 11.8 Å². The van der Waals surface area contributed by atoms with Crippen LogP contribution in [0.1, 0.15) is 46.1 Å². The summed E-state index contributed by atoms with van der Waals surface area (Å²) in [5.41, 5.74) is 6.94. The first-order valence-electron chi connectivity index (χ1n) is 7.60. The van der Waals surface area contributed by atoms with Crippen LogP contribution in [0.5, 0.6) is 0 Å². The lowest BCUT2D eigenvalue weighted by Crippen LogP contribution is -2.41. The summed E-state index contributed by atoms with van der Waals surface area (Å²) in [4.78, 5) is 12.6. The number of rotatable bonds is 8. The van der Waals surface area contributed by atoms with Crippen molar-refractivity contribution in [1.82, 2.24) is 5.32 Å². The van der Waals surface area contributed by atoms with Gasteiger partial charge in [-0.05, 0) is 48.3 Å². The fraction of sp³-hybridized carbons (Fsp3) is 0.588. The first-order valence-corrected chi connectivity index (χ1v) is 8.59. The third-order valence-electron chi connectivity index (χ3n) is 3.38. The Hall–Kier alpha value is -1.00. The second-order valence-corrected chi connectivity index (χ2v) is 7.49. The molecule has 0 saturated carbocycles. The largest absolute Gasteiger partial charge is 0.368 e. The van der Waals surface area contributed by atoms with Crippen LogP contribution < -0.4 is 11.1 Å². The highest BCUT2D eigenvalue weighted by Gasteiger charge is 2.15. The maximum Gasteiger partial charge on any atom is 0.234 e. The Labute approximate surface area is 133 Å². The minimum Gasteiger partial charge on any atom is -0.368 e. The van der Waals surface area contributed by atoms with Crippen molar-refractivity contribution in [2.75, 3.05) is 12.3 Å². The molecule has 0 aliphatic carbocycles. The van der Waals surface area contributed by atoms with E-state index in [1.54, 1.807) is 11.8 Å². The SMILES string of the molecule is CCCNC(CCSc1ccc(C(C)(C)C)cc1)C(N)=O. The molecule has 1 amide bonds. The average molecular weight is 308 g/mol. The van der Waals surface area contributed by atoms with Crippen LogP contribution in [0.4, 0.5) is 0 Å². The van der Waals surface area contributed by atoms with E-state index in [0.717, 1.165) is 25.1 Å². The molecule has 0 fully saturated rings. The fourth-order valence-corrected chi connectivity index (χ4v) is 2.93. The van der Waals surface area contributed by atoms with Crippen molar-refractivity contribution in [3.63, 3.8) is 0 Å². The minimum atomic E-state index is -0.257. The van der Waals surface area contributed by atoms with Gasteiger partial charge in [-0.1, -0.05) is 39.8 Å². The Morgan fingerprint density at radius 1 is 1.29 bits per heavy atom. The summed E-state index contributed by atoms with van der Waals surface area (Å²) in [7, 11) is 0. The van der Waals surface area contributed by atoms with Gasteiger partial charge in [-0.2, -0.15) is 0 Å². The second kappa shape index (κ2) is 8.44. The summed E-state index contributed by atoms with van der Waals surface area (Å²) >= 11 is 1.77. The molecule has 1 atom stereocenters. The third-order valence-corrected chi connectivity index (χ3v) is 4.43. The maximum absolute atomic E-state index is 11.4. The first-order chi connectivity index (χ1) is 9.84. The molecular formula is C17H28N2OS. The molecule has 1 aromatic rings. The standard InChI is InChI=1S/C17H28N2OS/c1-5-11-19-15(16(18)20)10-12-21-14-8-6-13(7-9-14)17(2,3)4/h6-9,15,19H,5,10-12H2,1-4H3,(H2,18,20). The number of thioether (sulfide) groups is 1. The van der Waals surface area contributed by atoms with Crippen molar-refractivity contribution in [1.29, 1.82) is 0 Å². The van der Waals surface area contributed by atoms with Crippen molar-refractivity contribution in [2.45, 2.75) is 56.9 Å². The summed E-state index contributed by atoms with van der Waals surface area (Å²) < 4.78 is 0. The molecular weight excluding hydrogens is 280 g/mol. The zero-order valence-corrected chi connectivity index (χ0v) is 14.4. The number of nitrogens with one attached hydrogen (secondary N) is 1. The number of carbonyl (C=O) groups is 1. The Kier molecular flexibility index (Phi) is 7.26. The van der Waals surface area contributed by atoms with Crippen LogP contribution in [0.2, 0.25) is 0 Å². The lowest BCUT2D eigenvalue weighted by atomic mass is 9.87. The molecule has 0 bridgehead atoms. The molecule has 0 radical (unpaired) electrons. The van der Waals surface area contributed by atoms with Crippen molar-refractivity contribution in [3.05, 3.63) is 29.8 Å². The quantitative estimate of drug-likeness (QED) is 0.724. The van der Waals surface area contributed by atoms with Crippen LogP contribution in [-0.2, 0) is 10.2 Å². The molecule has 0 saturated heterocycles. The van der Waals surface area contributed by atoms with Crippen molar-refractivity contribution in [3.8, 4) is 0 Å². The van der Waals surface area contributed by atoms with Crippen LogP contribution in [-0.4, -0.2) is 24.2 Å². The normalized spacial score (nSPS) is 13.1. The molecule has 0 aliphatic rings. The minimum absolute atomic E-state index is 0.185. The molecule has 0 spiro atoms. The molecule has 0 aliphatic heterocycles. The van der Waals surface area contributed by atoms with Gasteiger partial charge in [-0.3, -0.25) is 4.79 Å². The number of hydrogen-bond acceptors (Lipinski definition) is 3. The van der Waals surface area contributed by atoms with E-state index in [2.05, 4.69) is 57.3 Å². The van der Waals surface area contributed by atoms with Gasteiger partial charge in [-0.25, -0.2) is 0 Å². The van der Waals surface area contributed by atoms with Crippen molar-refractivity contribution < 1.29 is 4.79 Å². The molecule has 0 aromatic heterocycles. The van der Waals surface area contributed by atoms with Crippen LogP contribution in [0.3, 0.4) is 0 Å². The van der Waals surface area contributed by atoms with Crippen LogP contribution >= 0.6 is 11.8 Å². The lowest BCUT2D eigenvalue weighted by Gasteiger charge is -2.19. The zero-order chi connectivity index (χ0) is 15.9. The highest BCUT2D eigenvalue weighted by Crippen LogP contribution is 2.26. The highest BCUT2D eigenvalue weighted by atomic mass is 32.2. The van der Waals surface area contributed by atoms with Gasteiger partial charge in [0.2, 0.25) is 5.91 Å². The summed E-state index contributed by atoms with van der Waals surface area (Å²) in [6, 6.07) is 8.46. The smallest absolute Gasteiger partial charge is 0.234 e. The topological polar surface area (TPSA) is 55.1 Å². The lowest BCUT2D eigenvalue weighted by molar-refractivity contribution is -0.120. The van der Waals surface area contributed by atoms with E-state index in [0.29, 0.717) is 0 Å². The number of carbonyl (C=O) groups excluding carboxylic acids is 1. The molecule has 3 nitrogen and oxygen atoms in total. The molecule has 0 heterocycles. The Morgan fingerprint density at radius 2 is 1.90 bits per heavy atom. The van der Waals surface area contributed by atoms with Gasteiger partial charge in [0.1, 0.15) is 0 Å². The number of nitrogens with two attached hydrogens (primary N) is 1. The summed E-state index contributed by atoms with van der Waals surface area (Å²) in [5.74, 6) is 0.631. The summed E-state index contributed by atoms with van der Waals surface area (Å²) in [6.07, 6.45) is 1.77. The van der Waals surface area contributed by atoms with E-state index in [9.17, 15) is 4.79 Å². The highest BCUT2D eigenvalue weighted by molar-refractivity contribution is 7.99. The molecule has 3 N–H and O–H groups in total. The molecule has 21 heavy (non-hydrogen) atoms. The monoisotopic (exact) mass is 308 g/mol.